The van der Waals surface area contributed by atoms with Crippen LogP contribution in [0.2, 0.25) is 10.0 Å². The average molecular weight is 460 g/mol. The van der Waals surface area contributed by atoms with Crippen molar-refractivity contribution in [2.45, 2.75) is 6.04 Å². The Morgan fingerprint density at radius 1 is 1.35 bits per heavy atom. The Balaban J connectivity index is 1.88. The molecule has 1 aliphatic heterocycles. The van der Waals surface area contributed by atoms with Gasteiger partial charge in [-0.3, -0.25) is 0 Å². The minimum Gasteiger partial charge on any atom is -0.493 e. The molecule has 0 spiro atoms. The summed E-state index contributed by atoms with van der Waals surface area (Å²) in [6.07, 6.45) is 0. The second-order valence-electron chi connectivity index (χ2n) is 6.05. The van der Waals surface area contributed by atoms with Gasteiger partial charge in [0.05, 0.1) is 30.0 Å². The van der Waals surface area contributed by atoms with E-state index in [9.17, 15) is 9.90 Å². The molecule has 2 aromatic rings. The molecule has 2 aromatic carbocycles. The SMILES string of the molecule is CN(C(=O)Nc1ccc(Cl)cc1Cl)[C@H]1c2cc(Br)ccc2OC[C@@H]1CO. The summed E-state index contributed by atoms with van der Waals surface area (Å²) >= 11 is 15.5. The third-order valence-corrected chi connectivity index (χ3v) is 5.38. The molecule has 2 atom stereocenters. The number of ether oxygens (including phenoxy) is 1. The van der Waals surface area contributed by atoms with E-state index in [0.717, 1.165) is 10.0 Å². The first-order valence-electron chi connectivity index (χ1n) is 7.92. The average Bonchev–Trinajstić information content (AvgIpc) is 2.62. The zero-order chi connectivity index (χ0) is 18.8. The number of carbonyl (C=O) groups excluding carboxylic acids is 1. The highest BCUT2D eigenvalue weighted by Gasteiger charge is 2.36. The second kappa shape index (κ2) is 8.05. The molecule has 0 fully saturated rings. The van der Waals surface area contributed by atoms with E-state index in [4.69, 9.17) is 27.9 Å². The molecule has 1 aliphatic rings. The number of anilines is 1. The number of carbonyl (C=O) groups is 1. The van der Waals surface area contributed by atoms with Crippen molar-refractivity contribution in [3.8, 4) is 5.75 Å². The number of aliphatic hydroxyl groups is 1. The number of halogens is 3. The van der Waals surface area contributed by atoms with Crippen molar-refractivity contribution in [2.24, 2.45) is 5.92 Å². The predicted octanol–water partition coefficient (Wildman–Crippen LogP) is 4.96. The smallest absolute Gasteiger partial charge is 0.322 e. The lowest BCUT2D eigenvalue weighted by Crippen LogP contribution is -2.43. The molecular formula is C18H17BrCl2N2O3. The summed E-state index contributed by atoms with van der Waals surface area (Å²) in [5.74, 6) is 0.459. The van der Waals surface area contributed by atoms with E-state index >= 15 is 0 Å². The lowest BCUT2D eigenvalue weighted by Gasteiger charge is -2.38. The zero-order valence-corrected chi connectivity index (χ0v) is 17.0. The fourth-order valence-electron chi connectivity index (χ4n) is 3.02. The summed E-state index contributed by atoms with van der Waals surface area (Å²) in [4.78, 5) is 14.3. The number of nitrogens with one attached hydrogen (secondary N) is 1. The number of amides is 2. The number of urea groups is 1. The van der Waals surface area contributed by atoms with Gasteiger partial charge >= 0.3 is 6.03 Å². The summed E-state index contributed by atoms with van der Waals surface area (Å²) in [6.45, 7) is 0.227. The molecule has 0 saturated carbocycles. The van der Waals surface area contributed by atoms with E-state index in [1.165, 1.54) is 0 Å². The molecule has 2 amide bonds. The number of hydrogen-bond acceptors (Lipinski definition) is 3. The monoisotopic (exact) mass is 458 g/mol. The van der Waals surface area contributed by atoms with Crippen LogP contribution in [-0.4, -0.2) is 36.3 Å². The van der Waals surface area contributed by atoms with Crippen molar-refractivity contribution in [3.05, 3.63) is 56.5 Å². The van der Waals surface area contributed by atoms with Crippen molar-refractivity contribution in [1.82, 2.24) is 4.90 Å². The quantitative estimate of drug-likeness (QED) is 0.681. The highest BCUT2D eigenvalue weighted by Crippen LogP contribution is 2.40. The van der Waals surface area contributed by atoms with E-state index in [-0.39, 0.29) is 24.6 Å². The maximum atomic E-state index is 12.8. The van der Waals surface area contributed by atoms with Gasteiger partial charge < -0.3 is 20.1 Å². The molecule has 0 aromatic heterocycles. The lowest BCUT2D eigenvalue weighted by atomic mass is 9.90. The third-order valence-electron chi connectivity index (χ3n) is 4.33. The van der Waals surface area contributed by atoms with Gasteiger partial charge in [0, 0.05) is 28.0 Å². The van der Waals surface area contributed by atoms with Crippen LogP contribution < -0.4 is 10.1 Å². The first-order chi connectivity index (χ1) is 12.4. The molecule has 0 radical (unpaired) electrons. The predicted molar refractivity (Wildman–Crippen MR) is 106 cm³/mol. The van der Waals surface area contributed by atoms with E-state index in [0.29, 0.717) is 28.1 Å². The van der Waals surface area contributed by atoms with Gasteiger partial charge in [0.1, 0.15) is 5.75 Å². The summed E-state index contributed by atoms with van der Waals surface area (Å²) < 4.78 is 6.59. The van der Waals surface area contributed by atoms with Crippen LogP contribution >= 0.6 is 39.1 Å². The maximum Gasteiger partial charge on any atom is 0.322 e. The van der Waals surface area contributed by atoms with Gasteiger partial charge in [-0.1, -0.05) is 39.1 Å². The fourth-order valence-corrected chi connectivity index (χ4v) is 3.86. The fraction of sp³-hybridized carbons (Fsp3) is 0.278. The number of rotatable bonds is 3. The van der Waals surface area contributed by atoms with Crippen LogP contribution in [0.1, 0.15) is 11.6 Å². The van der Waals surface area contributed by atoms with Gasteiger partial charge in [-0.15, -0.1) is 0 Å². The Morgan fingerprint density at radius 3 is 2.81 bits per heavy atom. The molecule has 0 bridgehead atoms. The summed E-state index contributed by atoms with van der Waals surface area (Å²) in [6, 6.07) is 9.81. The highest BCUT2D eigenvalue weighted by molar-refractivity contribution is 9.10. The topological polar surface area (TPSA) is 61.8 Å². The Bertz CT molecular complexity index is 834. The third kappa shape index (κ3) is 3.93. The van der Waals surface area contributed by atoms with Gasteiger partial charge in [-0.05, 0) is 36.4 Å². The van der Waals surface area contributed by atoms with Crippen LogP contribution in [0, 0.1) is 5.92 Å². The Hall–Kier alpha value is -1.47. The van der Waals surface area contributed by atoms with Crippen LogP contribution in [0.3, 0.4) is 0 Å². The number of benzene rings is 2. The number of aliphatic hydroxyl groups excluding tert-OH is 1. The molecule has 1 heterocycles. The largest absolute Gasteiger partial charge is 0.493 e. The molecule has 0 aliphatic carbocycles. The van der Waals surface area contributed by atoms with Gasteiger partial charge in [-0.25, -0.2) is 4.79 Å². The second-order valence-corrected chi connectivity index (χ2v) is 7.81. The van der Waals surface area contributed by atoms with Crippen molar-refractivity contribution < 1.29 is 14.6 Å². The Labute approximate surface area is 170 Å². The number of hydrogen-bond donors (Lipinski definition) is 2. The molecule has 138 valence electrons. The van der Waals surface area contributed by atoms with Crippen LogP contribution in [0.5, 0.6) is 5.75 Å². The Kier molecular flexibility index (Phi) is 5.97. The molecule has 8 heteroatoms. The van der Waals surface area contributed by atoms with Crippen LogP contribution in [0.4, 0.5) is 10.5 Å². The molecule has 2 N–H and O–H groups in total. The van der Waals surface area contributed by atoms with E-state index in [1.54, 1.807) is 30.1 Å². The lowest BCUT2D eigenvalue weighted by molar-refractivity contribution is 0.0738. The van der Waals surface area contributed by atoms with Crippen molar-refractivity contribution in [3.63, 3.8) is 0 Å². The molecule has 26 heavy (non-hydrogen) atoms. The summed E-state index contributed by atoms with van der Waals surface area (Å²) in [5, 5.41) is 13.4. The summed E-state index contributed by atoms with van der Waals surface area (Å²) in [7, 11) is 1.68. The maximum absolute atomic E-state index is 12.8. The van der Waals surface area contributed by atoms with Crippen LogP contribution in [0.25, 0.3) is 0 Å². The van der Waals surface area contributed by atoms with Crippen molar-refractivity contribution in [2.75, 3.05) is 25.6 Å². The molecule has 0 unspecified atom stereocenters. The van der Waals surface area contributed by atoms with Crippen molar-refractivity contribution in [1.29, 1.82) is 0 Å². The highest BCUT2D eigenvalue weighted by atomic mass is 79.9. The Morgan fingerprint density at radius 2 is 2.12 bits per heavy atom. The molecular weight excluding hydrogens is 443 g/mol. The molecule has 3 rings (SSSR count). The minimum absolute atomic E-state index is 0.101. The summed E-state index contributed by atoms with van der Waals surface area (Å²) in [5.41, 5.74) is 1.31. The van der Waals surface area contributed by atoms with E-state index in [1.807, 2.05) is 18.2 Å². The standard InChI is InChI=1S/C18H17BrCl2N2O3/c1-23(18(25)22-15-4-3-12(20)7-14(15)21)17-10(8-24)9-26-16-5-2-11(19)6-13(16)17/h2-7,10,17,24H,8-9H2,1H3,(H,22,25)/t10-,17+/m0/s1. The van der Waals surface area contributed by atoms with Gasteiger partial charge in [0.25, 0.3) is 0 Å². The van der Waals surface area contributed by atoms with E-state index in [2.05, 4.69) is 21.2 Å². The van der Waals surface area contributed by atoms with E-state index < -0.39 is 0 Å². The van der Waals surface area contributed by atoms with Crippen molar-refractivity contribution >= 4 is 50.9 Å². The first-order valence-corrected chi connectivity index (χ1v) is 9.47. The van der Waals surface area contributed by atoms with Gasteiger partial charge in [0.15, 0.2) is 0 Å². The number of fused-ring (bicyclic) bond motifs is 1. The van der Waals surface area contributed by atoms with Gasteiger partial charge in [-0.2, -0.15) is 0 Å². The zero-order valence-electron chi connectivity index (χ0n) is 13.9. The normalized spacial score (nSPS) is 18.7. The molecule has 0 saturated heterocycles. The number of nitrogens with zero attached hydrogens (tertiary/aromatic N) is 1. The van der Waals surface area contributed by atoms with Crippen LogP contribution in [0.15, 0.2) is 40.9 Å². The molecule has 5 nitrogen and oxygen atoms in total. The van der Waals surface area contributed by atoms with Gasteiger partial charge in [0.2, 0.25) is 0 Å². The minimum atomic E-state index is -0.342. The first kappa shape index (κ1) is 19.3. The van der Waals surface area contributed by atoms with Crippen LogP contribution in [-0.2, 0) is 0 Å².